The summed E-state index contributed by atoms with van der Waals surface area (Å²) >= 11 is 0. The summed E-state index contributed by atoms with van der Waals surface area (Å²) in [6, 6.07) is 0. The van der Waals surface area contributed by atoms with E-state index in [4.69, 9.17) is 0 Å². The molecule has 0 N–H and O–H groups in total. The number of rotatable bonds is 0. The minimum absolute atomic E-state index is 0. The van der Waals surface area contributed by atoms with Crippen molar-refractivity contribution in [3.8, 4) is 0 Å². The third-order valence-electron chi connectivity index (χ3n) is 0. The zero-order chi connectivity index (χ0) is 0. The Morgan fingerprint density at radius 1 is 0.333 bits per heavy atom. The molecule has 0 spiro atoms. The fourth-order valence-corrected chi connectivity index (χ4v) is 0. The largest absolute Gasteiger partial charge is 2.00 e. The van der Waals surface area contributed by atoms with E-state index in [-0.39, 0.29) is 128 Å². The molecule has 1 radical (unpaired) electrons. The average Bonchev–Trinajstić information content (AvgIpc) is 0. The first kappa shape index (κ1) is 140. The van der Waals surface area contributed by atoms with Crippen molar-refractivity contribution in [1.82, 2.24) is 0 Å². The zero-order valence-corrected chi connectivity index (χ0v) is 11.9. The minimum Gasteiger partial charge on any atom is -1.00 e. The summed E-state index contributed by atoms with van der Waals surface area (Å²) in [4.78, 5) is 0. The Labute approximate surface area is 127 Å². The molecular weight excluding hydrogens is 323 g/mol. The van der Waals surface area contributed by atoms with Gasteiger partial charge >= 0.3 is 23.1 Å². The van der Waals surface area contributed by atoms with Crippen LogP contribution in [0, 0.1) is 0 Å². The van der Waals surface area contributed by atoms with Crippen LogP contribution in [0.15, 0.2) is 0 Å². The summed E-state index contributed by atoms with van der Waals surface area (Å²) in [6.07, 6.45) is 0. The van der Waals surface area contributed by atoms with Crippen LogP contribution in [-0.2, 0) is 18.6 Å². The summed E-state index contributed by atoms with van der Waals surface area (Å²) in [5, 5.41) is 0. The van der Waals surface area contributed by atoms with Crippen LogP contribution in [-0.4, -0.2) is 23.1 Å². The molecule has 0 saturated heterocycles. The zero-order valence-electron chi connectivity index (χ0n) is 3.80. The van der Waals surface area contributed by atoms with Gasteiger partial charge in [-0.3, -0.25) is 0 Å². The Bertz CT molecular complexity index is 8.88. The van der Waals surface area contributed by atoms with Crippen LogP contribution in [0.3, 0.4) is 0 Å². The van der Waals surface area contributed by atoms with Crippen molar-refractivity contribution in [3.05, 3.63) is 0 Å². The number of hydrogen-bond acceptors (Lipinski definition) is 0. The summed E-state index contributed by atoms with van der Waals surface area (Å²) < 4.78 is 0. The summed E-state index contributed by atoms with van der Waals surface area (Å²) in [5.41, 5.74) is 0. The third kappa shape index (κ3) is 87.6. The smallest absolute Gasteiger partial charge is 1.00 e. The first-order valence-electron chi connectivity index (χ1n) is 0. The van der Waals surface area contributed by atoms with Gasteiger partial charge in [0.25, 0.3) is 0 Å². The molecule has 0 bridgehead atoms. The Kier molecular flexibility index (Phi) is 1670. The SMILES string of the molecule is [Cl-].[Cl-].[Cl-].[Cl-].[Cl-].[Cl-].[Cl-].[Mg+2].[V]. The second kappa shape index (κ2) is 107. The van der Waals surface area contributed by atoms with Gasteiger partial charge in [0, 0.05) is 18.6 Å². The van der Waals surface area contributed by atoms with Gasteiger partial charge in [0.15, 0.2) is 0 Å². The molecule has 0 aliphatic heterocycles. The van der Waals surface area contributed by atoms with Crippen molar-refractivity contribution in [1.29, 1.82) is 0 Å². The van der Waals surface area contributed by atoms with Gasteiger partial charge in [-0.1, -0.05) is 0 Å². The van der Waals surface area contributed by atoms with E-state index in [1.54, 1.807) is 0 Å². The van der Waals surface area contributed by atoms with Gasteiger partial charge < -0.3 is 86.8 Å². The Balaban J connectivity index is 0. The second-order valence-corrected chi connectivity index (χ2v) is 0. The van der Waals surface area contributed by atoms with Crippen molar-refractivity contribution in [2.24, 2.45) is 0 Å². The van der Waals surface area contributed by atoms with E-state index in [1.807, 2.05) is 0 Å². The molecule has 9 heavy (non-hydrogen) atoms. The van der Waals surface area contributed by atoms with E-state index in [0.717, 1.165) is 0 Å². The predicted molar refractivity (Wildman–Crippen MR) is 5.75 cm³/mol. The van der Waals surface area contributed by atoms with Gasteiger partial charge in [-0.15, -0.1) is 0 Å². The van der Waals surface area contributed by atoms with Crippen LogP contribution >= 0.6 is 0 Å². The average molecular weight is 323 g/mol. The normalized spacial score (nSPS) is 0. The van der Waals surface area contributed by atoms with Gasteiger partial charge in [0.05, 0.1) is 0 Å². The van der Waals surface area contributed by atoms with E-state index in [0.29, 0.717) is 0 Å². The van der Waals surface area contributed by atoms with Crippen molar-refractivity contribution in [3.63, 3.8) is 0 Å². The van der Waals surface area contributed by atoms with E-state index in [1.165, 1.54) is 0 Å². The Morgan fingerprint density at radius 2 is 0.333 bits per heavy atom. The Hall–Kier alpha value is 3.38. The summed E-state index contributed by atoms with van der Waals surface area (Å²) in [5.74, 6) is 0. The van der Waals surface area contributed by atoms with Crippen LogP contribution in [0.25, 0.3) is 0 Å². The fraction of sp³-hybridized carbons (Fsp3) is 0. The molecule has 0 aromatic carbocycles. The van der Waals surface area contributed by atoms with E-state index in [2.05, 4.69) is 0 Å². The first-order valence-corrected chi connectivity index (χ1v) is 0. The maximum Gasteiger partial charge on any atom is 2.00 e. The van der Waals surface area contributed by atoms with E-state index < -0.39 is 0 Å². The number of halogens is 7. The fourth-order valence-electron chi connectivity index (χ4n) is 0. The standard InChI is InChI=1S/7ClH.Mg.V/h7*1H;;/q;;;;;;;+2;/p-7. The van der Waals surface area contributed by atoms with Gasteiger partial charge in [-0.25, -0.2) is 0 Å². The molecule has 0 aromatic heterocycles. The maximum atomic E-state index is 0. The van der Waals surface area contributed by atoms with Gasteiger partial charge in [-0.2, -0.15) is 0 Å². The van der Waals surface area contributed by atoms with Gasteiger partial charge in [0.1, 0.15) is 0 Å². The van der Waals surface area contributed by atoms with E-state index in [9.17, 15) is 0 Å². The molecule has 0 aromatic rings. The van der Waals surface area contributed by atoms with Crippen LogP contribution in [0.5, 0.6) is 0 Å². The topological polar surface area (TPSA) is 0 Å². The van der Waals surface area contributed by atoms with E-state index >= 15 is 0 Å². The predicted octanol–water partition coefficient (Wildman–Crippen LogP) is -21.4. The molecule has 0 aliphatic rings. The molecule has 0 amide bonds. The van der Waals surface area contributed by atoms with Gasteiger partial charge in [-0.05, 0) is 0 Å². The third-order valence-corrected chi connectivity index (χ3v) is 0. The number of hydrogen-bond donors (Lipinski definition) is 0. The molecule has 0 rings (SSSR count). The van der Waals surface area contributed by atoms with Crippen LogP contribution < -0.4 is 86.8 Å². The van der Waals surface area contributed by atoms with Crippen LogP contribution in [0.2, 0.25) is 0 Å². The minimum atomic E-state index is 0. The van der Waals surface area contributed by atoms with Crippen LogP contribution in [0.1, 0.15) is 0 Å². The van der Waals surface area contributed by atoms with Gasteiger partial charge in [0.2, 0.25) is 0 Å². The molecule has 0 unspecified atom stereocenters. The van der Waals surface area contributed by atoms with Crippen molar-refractivity contribution in [2.45, 2.75) is 0 Å². The molecule has 0 heterocycles. The molecule has 0 saturated carbocycles. The van der Waals surface area contributed by atoms with Crippen molar-refractivity contribution in [2.75, 3.05) is 0 Å². The van der Waals surface area contributed by atoms with Crippen molar-refractivity contribution >= 4 is 23.1 Å². The molecule has 0 atom stereocenters. The first-order chi connectivity index (χ1) is 0. The van der Waals surface area contributed by atoms with Crippen LogP contribution in [0.4, 0.5) is 0 Å². The quantitative estimate of drug-likeness (QED) is 0.389. The molecule has 61 valence electrons. The molecule has 0 nitrogen and oxygen atoms in total. The molecule has 0 fully saturated rings. The summed E-state index contributed by atoms with van der Waals surface area (Å²) in [6.45, 7) is 0. The monoisotopic (exact) mass is 320 g/mol. The molecular formula is Cl7MgV-5. The molecule has 0 aliphatic carbocycles. The molecule has 9 heteroatoms. The second-order valence-electron chi connectivity index (χ2n) is 0. The maximum absolute atomic E-state index is 0. The van der Waals surface area contributed by atoms with Crippen molar-refractivity contribution < 1.29 is 105 Å². The summed E-state index contributed by atoms with van der Waals surface area (Å²) in [7, 11) is 0. The Morgan fingerprint density at radius 3 is 0.333 bits per heavy atom.